The molecule has 0 saturated heterocycles. The Labute approximate surface area is 199 Å². The molecule has 1 aliphatic carbocycles. The van der Waals surface area contributed by atoms with Crippen molar-refractivity contribution >= 4 is 11.8 Å². The Morgan fingerprint density at radius 3 is 2.37 bits per heavy atom. The van der Waals surface area contributed by atoms with Gasteiger partial charge in [-0.15, -0.1) is 0 Å². The van der Waals surface area contributed by atoms with Crippen LogP contribution in [-0.2, 0) is 15.1 Å². The molecule has 4 unspecified atom stereocenters. The van der Waals surface area contributed by atoms with Crippen LogP contribution in [0.25, 0.3) is 0 Å². The monoisotopic (exact) mass is 481 g/mol. The SMILES string of the molecule is COC(=O)C1C(c2ccccc2)C2(c3ccc(C(F)F)cc3)Oc3cncc(OC)c3C(=O)C12O. The average molecular weight is 481 g/mol. The second-order valence-corrected chi connectivity index (χ2v) is 8.46. The van der Waals surface area contributed by atoms with Crippen molar-refractivity contribution in [3.63, 3.8) is 0 Å². The number of benzene rings is 2. The molecule has 7 nitrogen and oxygen atoms in total. The van der Waals surface area contributed by atoms with Gasteiger partial charge in [-0.3, -0.25) is 14.6 Å². The zero-order valence-corrected chi connectivity index (χ0v) is 18.8. The summed E-state index contributed by atoms with van der Waals surface area (Å²) in [4.78, 5) is 31.1. The van der Waals surface area contributed by atoms with Crippen LogP contribution in [0.4, 0.5) is 8.78 Å². The zero-order chi connectivity index (χ0) is 25.0. The van der Waals surface area contributed by atoms with Crippen molar-refractivity contribution in [3.05, 3.63) is 89.2 Å². The van der Waals surface area contributed by atoms with Gasteiger partial charge in [0.2, 0.25) is 5.78 Å². The highest BCUT2D eigenvalue weighted by Gasteiger charge is 2.82. The molecule has 2 heterocycles. The number of ether oxygens (including phenoxy) is 3. The first-order valence-corrected chi connectivity index (χ1v) is 10.8. The lowest BCUT2D eigenvalue weighted by Gasteiger charge is -2.65. The van der Waals surface area contributed by atoms with Gasteiger partial charge in [0, 0.05) is 11.5 Å². The molecule has 9 heteroatoms. The fourth-order valence-corrected chi connectivity index (χ4v) is 5.40. The molecule has 3 aromatic rings. The summed E-state index contributed by atoms with van der Waals surface area (Å²) in [6.07, 6.45) is -0.0929. The first kappa shape index (κ1) is 22.9. The first-order valence-electron chi connectivity index (χ1n) is 10.8. The number of aliphatic hydroxyl groups is 1. The number of hydrogen-bond acceptors (Lipinski definition) is 7. The van der Waals surface area contributed by atoms with Crippen molar-refractivity contribution in [2.45, 2.75) is 23.5 Å². The van der Waals surface area contributed by atoms with Crippen LogP contribution in [0, 0.1) is 5.92 Å². The Hall–Kier alpha value is -3.85. The van der Waals surface area contributed by atoms with Crippen LogP contribution in [-0.4, -0.2) is 41.7 Å². The van der Waals surface area contributed by atoms with Crippen molar-refractivity contribution < 1.29 is 37.7 Å². The maximum absolute atomic E-state index is 14.0. The number of carbonyl (C=O) groups excluding carboxylic acids is 2. The van der Waals surface area contributed by atoms with Crippen LogP contribution in [0.3, 0.4) is 0 Å². The minimum atomic E-state index is -2.71. The van der Waals surface area contributed by atoms with Crippen LogP contribution in [0.2, 0.25) is 0 Å². The third-order valence-electron chi connectivity index (χ3n) is 6.93. The van der Waals surface area contributed by atoms with Gasteiger partial charge in [-0.1, -0.05) is 54.6 Å². The Morgan fingerprint density at radius 2 is 1.77 bits per heavy atom. The molecule has 2 aliphatic rings. The molecule has 1 aromatic heterocycles. The van der Waals surface area contributed by atoms with E-state index in [-0.39, 0.29) is 28.2 Å². The van der Waals surface area contributed by atoms with E-state index in [9.17, 15) is 23.5 Å². The molecule has 0 amide bonds. The Balaban J connectivity index is 1.82. The molecule has 0 spiro atoms. The summed E-state index contributed by atoms with van der Waals surface area (Å²) < 4.78 is 43.2. The van der Waals surface area contributed by atoms with Gasteiger partial charge in [-0.2, -0.15) is 0 Å². The highest BCUT2D eigenvalue weighted by atomic mass is 19.3. The highest BCUT2D eigenvalue weighted by molar-refractivity contribution is 6.12. The first-order chi connectivity index (χ1) is 16.8. The zero-order valence-electron chi connectivity index (χ0n) is 18.8. The Kier molecular flexibility index (Phi) is 5.32. The van der Waals surface area contributed by atoms with E-state index in [0.717, 1.165) is 7.11 Å². The molecule has 180 valence electrons. The van der Waals surface area contributed by atoms with Gasteiger partial charge in [0.25, 0.3) is 6.43 Å². The molecule has 2 aromatic carbocycles. The van der Waals surface area contributed by atoms with Gasteiger partial charge in [0.1, 0.15) is 11.5 Å². The lowest BCUT2D eigenvalue weighted by Crippen LogP contribution is -2.80. The number of hydrogen-bond donors (Lipinski definition) is 1. The second-order valence-electron chi connectivity index (χ2n) is 8.46. The minimum absolute atomic E-state index is 0.0428. The average Bonchev–Trinajstić information content (AvgIpc) is 2.88. The smallest absolute Gasteiger partial charge is 0.313 e. The van der Waals surface area contributed by atoms with Gasteiger partial charge in [-0.05, 0) is 11.1 Å². The van der Waals surface area contributed by atoms with Crippen LogP contribution in [0.5, 0.6) is 11.5 Å². The summed E-state index contributed by atoms with van der Waals surface area (Å²) in [5.41, 5.74) is -3.71. The second kappa shape index (κ2) is 8.13. The molecule has 0 bridgehead atoms. The van der Waals surface area contributed by atoms with Crippen molar-refractivity contribution in [2.75, 3.05) is 14.2 Å². The van der Waals surface area contributed by atoms with E-state index < -0.39 is 41.2 Å². The van der Waals surface area contributed by atoms with E-state index in [1.54, 1.807) is 30.3 Å². The van der Waals surface area contributed by atoms with E-state index in [1.807, 2.05) is 0 Å². The van der Waals surface area contributed by atoms with Crippen molar-refractivity contribution in [1.82, 2.24) is 4.98 Å². The number of esters is 1. The van der Waals surface area contributed by atoms with Gasteiger partial charge < -0.3 is 19.3 Å². The highest BCUT2D eigenvalue weighted by Crippen LogP contribution is 2.68. The number of halogens is 2. The molecule has 1 fully saturated rings. The number of Topliss-reactive ketones (excluding diaryl/α,β-unsaturated/α-hetero) is 1. The maximum Gasteiger partial charge on any atom is 0.313 e. The fourth-order valence-electron chi connectivity index (χ4n) is 5.40. The maximum atomic E-state index is 14.0. The lowest BCUT2D eigenvalue weighted by molar-refractivity contribution is -0.251. The van der Waals surface area contributed by atoms with Crippen LogP contribution in [0.1, 0.15) is 39.4 Å². The number of nitrogens with zero attached hydrogens (tertiary/aromatic N) is 1. The van der Waals surface area contributed by atoms with E-state index in [1.165, 1.54) is 43.8 Å². The van der Waals surface area contributed by atoms with Crippen molar-refractivity contribution in [2.24, 2.45) is 5.92 Å². The summed E-state index contributed by atoms with van der Waals surface area (Å²) in [7, 11) is 2.50. The van der Waals surface area contributed by atoms with Crippen molar-refractivity contribution in [3.8, 4) is 11.5 Å². The Bertz CT molecular complexity index is 1300. The molecule has 1 N–H and O–H groups in total. The summed E-state index contributed by atoms with van der Waals surface area (Å²) in [6, 6.07) is 13.9. The number of methoxy groups -OCH3 is 2. The molecule has 1 aliphatic heterocycles. The molecular weight excluding hydrogens is 460 g/mol. The largest absolute Gasteiger partial charge is 0.494 e. The van der Waals surface area contributed by atoms with E-state index >= 15 is 0 Å². The van der Waals surface area contributed by atoms with Crippen LogP contribution in [0.15, 0.2) is 67.0 Å². The standard InChI is InChI=1S/C26H21F2NO6/c1-33-17-12-29-13-18-19(17)22(30)25(32)21(24(31)34-2)20(14-6-4-3-5-7-14)26(25,35-18)16-10-8-15(9-11-16)23(27)28/h3-13,20-21,23,32H,1-2H3. The predicted molar refractivity (Wildman–Crippen MR) is 118 cm³/mol. The lowest BCUT2D eigenvalue weighted by atomic mass is 9.44. The number of pyridine rings is 1. The van der Waals surface area contributed by atoms with Gasteiger partial charge in [0.05, 0.1) is 26.6 Å². The van der Waals surface area contributed by atoms with Crippen LogP contribution < -0.4 is 9.47 Å². The number of rotatable bonds is 5. The molecule has 5 rings (SSSR count). The topological polar surface area (TPSA) is 95.0 Å². The van der Waals surface area contributed by atoms with Gasteiger partial charge >= 0.3 is 5.97 Å². The summed E-state index contributed by atoms with van der Waals surface area (Å²) in [5.74, 6) is -3.74. The fraction of sp³-hybridized carbons (Fsp3) is 0.269. The summed E-state index contributed by atoms with van der Waals surface area (Å²) >= 11 is 0. The minimum Gasteiger partial charge on any atom is -0.494 e. The van der Waals surface area contributed by atoms with E-state index in [4.69, 9.17) is 14.2 Å². The summed E-state index contributed by atoms with van der Waals surface area (Å²) in [6.45, 7) is 0. The third kappa shape index (κ3) is 2.94. The number of alkyl halides is 2. The van der Waals surface area contributed by atoms with Gasteiger partial charge in [0.15, 0.2) is 22.7 Å². The molecule has 4 atom stereocenters. The van der Waals surface area contributed by atoms with Crippen LogP contribution >= 0.6 is 0 Å². The molecular formula is C26H21F2NO6. The quantitative estimate of drug-likeness (QED) is 0.554. The predicted octanol–water partition coefficient (Wildman–Crippen LogP) is 3.82. The van der Waals surface area contributed by atoms with Gasteiger partial charge in [-0.25, -0.2) is 8.78 Å². The number of ketones is 1. The molecule has 35 heavy (non-hydrogen) atoms. The van der Waals surface area contributed by atoms with E-state index in [0.29, 0.717) is 5.56 Å². The van der Waals surface area contributed by atoms with Crippen molar-refractivity contribution in [1.29, 1.82) is 0 Å². The third-order valence-corrected chi connectivity index (χ3v) is 6.93. The Morgan fingerprint density at radius 1 is 1.09 bits per heavy atom. The molecule has 1 saturated carbocycles. The number of aromatic nitrogens is 1. The number of fused-ring (bicyclic) bond motifs is 2. The molecule has 0 radical (unpaired) electrons. The summed E-state index contributed by atoms with van der Waals surface area (Å²) in [5, 5.41) is 12.1. The number of carbonyl (C=O) groups is 2. The van der Waals surface area contributed by atoms with E-state index in [2.05, 4.69) is 4.98 Å². The normalized spacial score (nSPS) is 26.7.